The van der Waals surface area contributed by atoms with Crippen LogP contribution in [0, 0.1) is 11.3 Å². The average Bonchev–Trinajstić information content (AvgIpc) is 3.00. The predicted octanol–water partition coefficient (Wildman–Crippen LogP) is 5.35. The Morgan fingerprint density at radius 3 is 2.56 bits per heavy atom. The van der Waals surface area contributed by atoms with Crippen molar-refractivity contribution in [3.63, 3.8) is 0 Å². The molecule has 2 aromatic rings. The van der Waals surface area contributed by atoms with Gasteiger partial charge in [-0.2, -0.15) is 0 Å². The monoisotopic (exact) mass is 475 g/mol. The Hall–Kier alpha value is -2.24. The number of esters is 1. The van der Waals surface area contributed by atoms with Crippen molar-refractivity contribution in [2.75, 3.05) is 13.7 Å². The highest BCUT2D eigenvalue weighted by Gasteiger charge is 2.57. The van der Waals surface area contributed by atoms with E-state index in [0.29, 0.717) is 15.8 Å². The van der Waals surface area contributed by atoms with Crippen LogP contribution in [0.3, 0.4) is 0 Å². The van der Waals surface area contributed by atoms with Gasteiger partial charge >= 0.3 is 5.97 Å². The summed E-state index contributed by atoms with van der Waals surface area (Å²) in [6, 6.07) is 13.5. The molecule has 1 amide bonds. The zero-order valence-corrected chi connectivity index (χ0v) is 19.9. The van der Waals surface area contributed by atoms with Crippen LogP contribution in [0.2, 0.25) is 10.0 Å². The molecule has 2 fully saturated rings. The summed E-state index contributed by atoms with van der Waals surface area (Å²) >= 11 is 12.9. The van der Waals surface area contributed by atoms with Crippen LogP contribution in [0.4, 0.5) is 0 Å². The molecule has 0 radical (unpaired) electrons. The normalized spacial score (nSPS) is 29.2. The highest BCUT2D eigenvalue weighted by atomic mass is 35.5. The molecule has 0 spiro atoms. The van der Waals surface area contributed by atoms with Gasteiger partial charge in [-0.25, -0.2) is 4.79 Å². The number of hydrogen-bond donors (Lipinski definition) is 1. The predicted molar refractivity (Wildman–Crippen MR) is 124 cm³/mol. The molecule has 0 aromatic heterocycles. The van der Waals surface area contributed by atoms with Crippen molar-refractivity contribution in [3.8, 4) is 5.75 Å². The summed E-state index contributed by atoms with van der Waals surface area (Å²) in [5, 5.41) is 4.45. The lowest BCUT2D eigenvalue weighted by molar-refractivity contribution is -0.142. The number of nitrogens with one attached hydrogen (secondary N) is 1. The number of fused-ring (bicyclic) bond motifs is 1. The third kappa shape index (κ3) is 4.08. The zero-order valence-electron chi connectivity index (χ0n) is 18.4. The zero-order chi connectivity index (χ0) is 23.0. The highest BCUT2D eigenvalue weighted by molar-refractivity contribution is 6.31. The SMILES string of the molecule is COC(=O)COc1ccc([C@@H]2CC[C@@]3(C)C(=O)N[C@H](C)[C@H]3[C@H]2c2ccc(Cl)cc2)c(Cl)c1. The van der Waals surface area contributed by atoms with Gasteiger partial charge in [-0.05, 0) is 67.0 Å². The molecular weight excluding hydrogens is 449 g/mol. The van der Waals surface area contributed by atoms with Crippen LogP contribution in [0.1, 0.15) is 49.7 Å². The van der Waals surface area contributed by atoms with E-state index in [1.54, 1.807) is 6.07 Å². The summed E-state index contributed by atoms with van der Waals surface area (Å²) in [6.07, 6.45) is 1.63. The Labute approximate surface area is 198 Å². The molecule has 0 bridgehead atoms. The van der Waals surface area contributed by atoms with E-state index in [9.17, 15) is 9.59 Å². The van der Waals surface area contributed by atoms with Crippen molar-refractivity contribution in [2.24, 2.45) is 11.3 Å². The number of halogens is 2. The second-order valence-corrected chi connectivity index (χ2v) is 9.82. The summed E-state index contributed by atoms with van der Waals surface area (Å²) < 4.78 is 10.1. The molecule has 2 aromatic carbocycles. The van der Waals surface area contributed by atoms with E-state index in [4.69, 9.17) is 27.9 Å². The van der Waals surface area contributed by atoms with Crippen LogP contribution >= 0.6 is 23.2 Å². The van der Waals surface area contributed by atoms with Crippen LogP contribution in [0.15, 0.2) is 42.5 Å². The maximum Gasteiger partial charge on any atom is 0.343 e. The van der Waals surface area contributed by atoms with Crippen molar-refractivity contribution in [1.29, 1.82) is 0 Å². The largest absolute Gasteiger partial charge is 0.482 e. The highest BCUT2D eigenvalue weighted by Crippen LogP contribution is 2.59. The molecule has 1 saturated carbocycles. The van der Waals surface area contributed by atoms with Crippen molar-refractivity contribution in [1.82, 2.24) is 5.32 Å². The second-order valence-electron chi connectivity index (χ2n) is 8.98. The van der Waals surface area contributed by atoms with Crippen LogP contribution < -0.4 is 10.1 Å². The number of carbonyl (C=O) groups excluding carboxylic acids is 2. The molecule has 1 aliphatic carbocycles. The first-order valence-corrected chi connectivity index (χ1v) is 11.6. The van der Waals surface area contributed by atoms with Crippen LogP contribution in [-0.2, 0) is 14.3 Å². The van der Waals surface area contributed by atoms with Crippen molar-refractivity contribution < 1.29 is 19.1 Å². The first-order valence-electron chi connectivity index (χ1n) is 10.8. The van der Waals surface area contributed by atoms with E-state index in [-0.39, 0.29) is 36.3 Å². The lowest BCUT2D eigenvalue weighted by Crippen LogP contribution is -2.42. The fourth-order valence-corrected chi connectivity index (χ4v) is 6.05. The van der Waals surface area contributed by atoms with Gasteiger partial charge in [-0.3, -0.25) is 4.79 Å². The smallest absolute Gasteiger partial charge is 0.343 e. The standard InChI is InChI=1S/C25H27Cl2NO4/c1-14-23-22(15-4-6-16(26)7-5-15)19(10-11-25(23,2)24(30)28-14)18-9-8-17(12-20(18)27)32-13-21(29)31-3/h4-9,12,14,19,22-23H,10-11,13H2,1-3H3,(H,28,30)/t14-,19+,22+,23+,25-/m1/s1. The molecule has 32 heavy (non-hydrogen) atoms. The second kappa shape index (κ2) is 8.95. The molecule has 170 valence electrons. The first kappa shape index (κ1) is 22.9. The van der Waals surface area contributed by atoms with E-state index in [2.05, 4.69) is 36.0 Å². The summed E-state index contributed by atoms with van der Waals surface area (Å²) in [7, 11) is 1.32. The van der Waals surface area contributed by atoms with Crippen molar-refractivity contribution in [2.45, 2.75) is 44.6 Å². The number of amides is 1. The number of ether oxygens (including phenoxy) is 2. The van der Waals surface area contributed by atoms with E-state index in [1.165, 1.54) is 7.11 Å². The Morgan fingerprint density at radius 1 is 1.19 bits per heavy atom. The van der Waals surface area contributed by atoms with Gasteiger partial charge in [0.15, 0.2) is 6.61 Å². The molecule has 0 unspecified atom stereocenters. The third-order valence-corrected chi connectivity index (χ3v) is 7.74. The fourth-order valence-electron chi connectivity index (χ4n) is 5.61. The van der Waals surface area contributed by atoms with Crippen LogP contribution in [0.5, 0.6) is 5.75 Å². The molecule has 1 N–H and O–H groups in total. The minimum Gasteiger partial charge on any atom is -0.482 e. The number of benzene rings is 2. The maximum atomic E-state index is 12.9. The number of methoxy groups -OCH3 is 1. The van der Waals surface area contributed by atoms with Gasteiger partial charge in [0, 0.05) is 22.0 Å². The van der Waals surface area contributed by atoms with E-state index in [0.717, 1.165) is 24.0 Å². The Morgan fingerprint density at radius 2 is 1.91 bits per heavy atom. The van der Waals surface area contributed by atoms with Crippen molar-refractivity contribution >= 4 is 35.1 Å². The molecule has 2 aliphatic rings. The number of hydrogen-bond acceptors (Lipinski definition) is 4. The Balaban J connectivity index is 1.71. The van der Waals surface area contributed by atoms with E-state index < -0.39 is 11.4 Å². The molecule has 4 rings (SSSR count). The summed E-state index contributed by atoms with van der Waals surface area (Å²) in [6.45, 7) is 4.00. The quantitative estimate of drug-likeness (QED) is 0.592. The lowest BCUT2D eigenvalue weighted by Gasteiger charge is -2.46. The number of carbonyl (C=O) groups is 2. The average molecular weight is 476 g/mol. The lowest BCUT2D eigenvalue weighted by atomic mass is 9.56. The Bertz CT molecular complexity index is 1030. The third-order valence-electron chi connectivity index (χ3n) is 7.16. The van der Waals surface area contributed by atoms with E-state index in [1.807, 2.05) is 24.3 Å². The van der Waals surface area contributed by atoms with Crippen LogP contribution in [-0.4, -0.2) is 31.6 Å². The van der Waals surface area contributed by atoms with Gasteiger partial charge in [0.25, 0.3) is 0 Å². The van der Waals surface area contributed by atoms with Gasteiger partial charge in [0.05, 0.1) is 12.5 Å². The molecule has 5 atom stereocenters. The van der Waals surface area contributed by atoms with Gasteiger partial charge in [-0.15, -0.1) is 0 Å². The Kier molecular flexibility index (Phi) is 6.42. The van der Waals surface area contributed by atoms with Gasteiger partial charge < -0.3 is 14.8 Å². The summed E-state index contributed by atoms with van der Waals surface area (Å²) in [4.78, 5) is 24.2. The number of rotatable bonds is 5. The molecule has 1 aliphatic heterocycles. The van der Waals surface area contributed by atoms with Gasteiger partial charge in [0.1, 0.15) is 5.75 Å². The minimum absolute atomic E-state index is 0.0532. The molecule has 7 heteroatoms. The topological polar surface area (TPSA) is 64.6 Å². The summed E-state index contributed by atoms with van der Waals surface area (Å²) in [5.74, 6) is 0.544. The molecule has 5 nitrogen and oxygen atoms in total. The first-order chi connectivity index (χ1) is 15.2. The minimum atomic E-state index is -0.452. The van der Waals surface area contributed by atoms with Gasteiger partial charge in [-0.1, -0.05) is 48.3 Å². The van der Waals surface area contributed by atoms with Crippen LogP contribution in [0.25, 0.3) is 0 Å². The van der Waals surface area contributed by atoms with Crippen molar-refractivity contribution in [3.05, 3.63) is 63.6 Å². The fraction of sp³-hybridized carbons (Fsp3) is 0.440. The molecular formula is C25H27Cl2NO4. The molecule has 1 saturated heterocycles. The maximum absolute atomic E-state index is 12.9. The molecule has 1 heterocycles. The summed E-state index contributed by atoms with van der Waals surface area (Å²) in [5.41, 5.74) is 1.75. The van der Waals surface area contributed by atoms with Gasteiger partial charge in [0.2, 0.25) is 5.91 Å². The van der Waals surface area contributed by atoms with E-state index >= 15 is 0 Å².